The molecule has 0 aliphatic rings. The number of ether oxygens (including phenoxy) is 4. The van der Waals surface area contributed by atoms with Crippen LogP contribution >= 0.6 is 0 Å². The Labute approximate surface area is 511 Å². The summed E-state index contributed by atoms with van der Waals surface area (Å²) in [6.07, 6.45) is -3.64. The summed E-state index contributed by atoms with van der Waals surface area (Å²) in [7, 11) is 0. The number of phenolic OH excluding ortho intramolecular Hbond substituents is 4. The van der Waals surface area contributed by atoms with Crippen molar-refractivity contribution in [2.75, 3.05) is 6.61 Å². The molecule has 0 heterocycles. The van der Waals surface area contributed by atoms with Crippen LogP contribution in [0.4, 0.5) is 0 Å². The molecule has 85 heavy (non-hydrogen) atoms. The Morgan fingerprint density at radius 1 is 0.329 bits per heavy atom. The van der Waals surface area contributed by atoms with E-state index < -0.39 is 92.1 Å². The number of aryl methyl sites for hydroxylation is 4. The van der Waals surface area contributed by atoms with Gasteiger partial charge in [0.2, 0.25) is 0 Å². The lowest BCUT2D eigenvalue weighted by Crippen LogP contribution is -2.47. The number of benzene rings is 4. The Hall–Kier alpha value is -6.04. The van der Waals surface area contributed by atoms with Crippen molar-refractivity contribution in [3.8, 4) is 23.0 Å². The first-order valence-corrected chi connectivity index (χ1v) is 30.6. The molecule has 4 aromatic carbocycles. The molecule has 4 rings (SSSR count). The number of hydrogen-bond donors (Lipinski definition) is 4. The average Bonchev–Trinajstić information content (AvgIpc) is 2.99. The average molecular weight is 1180 g/mol. The summed E-state index contributed by atoms with van der Waals surface area (Å²) < 4.78 is 24.8. The highest BCUT2D eigenvalue weighted by Crippen LogP contribution is 2.44. The number of hydrogen-bond acceptors (Lipinski definition) is 12. The fraction of sp³-hybridized carbons (Fsp3) is 0.616. The molecule has 4 aromatic rings. The van der Waals surface area contributed by atoms with Crippen LogP contribution < -0.4 is 0 Å². The van der Waals surface area contributed by atoms with Gasteiger partial charge in [-0.05, 0) is 143 Å². The lowest BCUT2D eigenvalue weighted by atomic mass is 9.78. The third-order valence-corrected chi connectivity index (χ3v) is 15.7. The minimum absolute atomic E-state index is 0.0778. The summed E-state index contributed by atoms with van der Waals surface area (Å²) in [6.45, 7) is 49.4. The Kier molecular flexibility index (Phi) is 22.3. The summed E-state index contributed by atoms with van der Waals surface area (Å²) in [5, 5.41) is 45.8. The van der Waals surface area contributed by atoms with E-state index in [4.69, 9.17) is 18.9 Å². The lowest BCUT2D eigenvalue weighted by Gasteiger charge is -2.31. The van der Waals surface area contributed by atoms with Crippen LogP contribution in [0.15, 0.2) is 48.5 Å². The molecule has 0 radical (unpaired) electrons. The van der Waals surface area contributed by atoms with Crippen molar-refractivity contribution in [2.24, 2.45) is 0 Å². The molecule has 0 aromatic heterocycles. The van der Waals surface area contributed by atoms with Crippen molar-refractivity contribution < 1.29 is 58.6 Å². The number of aromatic hydroxyl groups is 4. The van der Waals surface area contributed by atoms with Crippen LogP contribution in [0.1, 0.15) is 266 Å². The Bertz CT molecular complexity index is 2890. The molecule has 3 unspecified atom stereocenters. The maximum Gasteiger partial charge on any atom is 0.306 e. The van der Waals surface area contributed by atoms with Crippen LogP contribution in [0, 0.1) is 0 Å². The van der Waals surface area contributed by atoms with E-state index in [0.717, 1.165) is 66.8 Å². The van der Waals surface area contributed by atoms with Crippen LogP contribution in [-0.2, 0) is 107 Å². The van der Waals surface area contributed by atoms with E-state index >= 15 is 0 Å². The molecule has 0 spiro atoms. The number of phenols is 4. The molecule has 12 nitrogen and oxygen atoms in total. The summed E-state index contributed by atoms with van der Waals surface area (Å²) in [4.78, 5) is 57.1. The molecule has 0 bridgehead atoms. The molecule has 472 valence electrons. The van der Waals surface area contributed by atoms with Crippen LogP contribution in [-0.4, -0.2) is 69.2 Å². The van der Waals surface area contributed by atoms with E-state index in [2.05, 4.69) is 0 Å². The summed E-state index contributed by atoms with van der Waals surface area (Å²) >= 11 is 0. The van der Waals surface area contributed by atoms with E-state index in [-0.39, 0.29) is 74.4 Å². The second-order valence-corrected chi connectivity index (χ2v) is 32.0. The maximum atomic E-state index is 14.5. The van der Waals surface area contributed by atoms with Crippen LogP contribution in [0.3, 0.4) is 0 Å². The quantitative estimate of drug-likeness (QED) is 0.0515. The summed E-state index contributed by atoms with van der Waals surface area (Å²) in [5.41, 5.74) is 5.89. The first-order chi connectivity index (χ1) is 38.4. The van der Waals surface area contributed by atoms with E-state index in [0.29, 0.717) is 0 Å². The molecule has 12 heteroatoms. The van der Waals surface area contributed by atoms with Crippen molar-refractivity contribution in [1.29, 1.82) is 0 Å². The molecule has 0 saturated carbocycles. The minimum atomic E-state index is -1.47. The SMILES string of the molecule is CC(OC(=O)CCc1cc(C(C)(C)C)c(O)c(C(C)(C)C)c1)C(OC(=O)CCc1cc(C(C)(C)C)c(O)c(C(C)(C)C)c1)C(COC(=O)CCc1cc(C(C)(C)C)c(O)c(C(C)(C)C)c1)OC(=O)CCc1cc(C(C)(C)C)c(O)c(C(C)(C)C)c1. The van der Waals surface area contributed by atoms with Crippen molar-refractivity contribution in [2.45, 2.75) is 286 Å². The second kappa shape index (κ2) is 26.5. The molecule has 0 fully saturated rings. The van der Waals surface area contributed by atoms with Crippen molar-refractivity contribution >= 4 is 23.9 Å². The van der Waals surface area contributed by atoms with Gasteiger partial charge in [0.15, 0.2) is 12.2 Å². The molecular weight excluding hydrogens is 1070 g/mol. The summed E-state index contributed by atoms with van der Waals surface area (Å²) in [5.74, 6) is -1.78. The monoisotopic (exact) mass is 1180 g/mol. The van der Waals surface area contributed by atoms with Gasteiger partial charge in [0.05, 0.1) is 0 Å². The third-order valence-electron chi connectivity index (χ3n) is 15.7. The van der Waals surface area contributed by atoms with Gasteiger partial charge in [0, 0.05) is 25.7 Å². The zero-order valence-electron chi connectivity index (χ0n) is 56.8. The van der Waals surface area contributed by atoms with Crippen LogP contribution in [0.25, 0.3) is 0 Å². The third kappa shape index (κ3) is 19.7. The number of carbonyl (C=O) groups is 4. The Morgan fingerprint density at radius 3 is 0.753 bits per heavy atom. The van der Waals surface area contributed by atoms with Gasteiger partial charge in [-0.15, -0.1) is 0 Å². The van der Waals surface area contributed by atoms with Gasteiger partial charge in [0.25, 0.3) is 0 Å². The molecule has 4 N–H and O–H groups in total. The number of esters is 4. The Morgan fingerprint density at radius 2 is 0.529 bits per heavy atom. The zero-order chi connectivity index (χ0) is 65.1. The van der Waals surface area contributed by atoms with E-state index in [1.165, 1.54) is 0 Å². The van der Waals surface area contributed by atoms with Gasteiger partial charge in [-0.25, -0.2) is 0 Å². The Balaban J connectivity index is 1.80. The highest BCUT2D eigenvalue weighted by Gasteiger charge is 2.38. The van der Waals surface area contributed by atoms with Crippen molar-refractivity contribution in [3.05, 3.63) is 115 Å². The smallest absolute Gasteiger partial charge is 0.306 e. The molecule has 3 atom stereocenters. The fourth-order valence-corrected chi connectivity index (χ4v) is 10.6. The molecule has 0 aliphatic heterocycles. The molecule has 0 aliphatic carbocycles. The van der Waals surface area contributed by atoms with Gasteiger partial charge >= 0.3 is 23.9 Å². The predicted molar refractivity (Wildman–Crippen MR) is 342 cm³/mol. The number of carbonyl (C=O) groups excluding carboxylic acids is 4. The number of rotatable bonds is 19. The maximum absolute atomic E-state index is 14.5. The highest BCUT2D eigenvalue weighted by molar-refractivity contribution is 5.73. The summed E-state index contributed by atoms with van der Waals surface area (Å²) in [6, 6.07) is 15.3. The van der Waals surface area contributed by atoms with Gasteiger partial charge < -0.3 is 39.4 Å². The first-order valence-electron chi connectivity index (χ1n) is 30.6. The molecule has 0 amide bonds. The lowest BCUT2D eigenvalue weighted by molar-refractivity contribution is -0.190. The molecule has 0 saturated heterocycles. The topological polar surface area (TPSA) is 186 Å². The minimum Gasteiger partial charge on any atom is -0.507 e. The molecular formula is C73H108O12. The van der Waals surface area contributed by atoms with Crippen LogP contribution in [0.2, 0.25) is 0 Å². The van der Waals surface area contributed by atoms with E-state index in [9.17, 15) is 39.6 Å². The van der Waals surface area contributed by atoms with Crippen molar-refractivity contribution in [1.82, 2.24) is 0 Å². The van der Waals surface area contributed by atoms with Crippen LogP contribution in [0.5, 0.6) is 23.0 Å². The van der Waals surface area contributed by atoms with Crippen molar-refractivity contribution in [3.63, 3.8) is 0 Å². The predicted octanol–water partition coefficient (Wildman–Crippen LogP) is 16.0. The highest BCUT2D eigenvalue weighted by atomic mass is 16.6. The van der Waals surface area contributed by atoms with Gasteiger partial charge in [-0.2, -0.15) is 0 Å². The van der Waals surface area contributed by atoms with E-state index in [1.807, 2.05) is 215 Å². The fourth-order valence-electron chi connectivity index (χ4n) is 10.6. The zero-order valence-corrected chi connectivity index (χ0v) is 56.8. The largest absolute Gasteiger partial charge is 0.507 e. The first kappa shape index (κ1) is 71.4. The standard InChI is InChI=1S/C73H108O12/c1-43(83-58(75)31-27-45-36-50(68(8,9)10)62(79)51(37-45)69(11,12)13)65(85-60(77)33-29-47-40-54(72(20,21)22)64(81)55(41-47)73(23,24)25)56(84-59(76)32-28-46-38-52(70(14,15)16)63(80)53(39-46)71(17,18)19)42-82-57(74)30-26-44-34-48(66(2,3)4)61(78)49(35-44)67(5,6)7/h34-41,43,56,65,78-81H,26-33,42H2,1-25H3. The van der Waals surface area contributed by atoms with Gasteiger partial charge in [0.1, 0.15) is 35.7 Å². The normalized spacial score (nSPS) is 14.1. The van der Waals surface area contributed by atoms with E-state index in [1.54, 1.807) is 6.92 Å². The second-order valence-electron chi connectivity index (χ2n) is 32.0. The van der Waals surface area contributed by atoms with Gasteiger partial charge in [-0.3, -0.25) is 19.2 Å². The van der Waals surface area contributed by atoms with Gasteiger partial charge in [-0.1, -0.05) is 215 Å².